The van der Waals surface area contributed by atoms with Crippen LogP contribution in [-0.4, -0.2) is 27.6 Å². The van der Waals surface area contributed by atoms with Gasteiger partial charge in [0.15, 0.2) is 0 Å². The monoisotopic (exact) mass is 284 g/mol. The molecule has 2 rings (SSSR count). The van der Waals surface area contributed by atoms with Crippen LogP contribution in [0.3, 0.4) is 0 Å². The summed E-state index contributed by atoms with van der Waals surface area (Å²) in [6, 6.07) is 6.61. The molecular weight excluding hydrogens is 264 g/mol. The summed E-state index contributed by atoms with van der Waals surface area (Å²) in [7, 11) is -2.13. The van der Waals surface area contributed by atoms with Crippen molar-refractivity contribution >= 4 is 10.0 Å². The number of nitrogens with one attached hydrogen (secondary N) is 1. The molecule has 106 valence electrons. The van der Waals surface area contributed by atoms with Gasteiger partial charge in [0, 0.05) is 0 Å². The van der Waals surface area contributed by atoms with Crippen molar-refractivity contribution in [2.75, 3.05) is 13.7 Å². The second-order valence-electron chi connectivity index (χ2n) is 5.01. The van der Waals surface area contributed by atoms with Crippen molar-refractivity contribution in [3.8, 4) is 5.75 Å². The SMILES string of the molecule is CNS(=O)(=O)c1ccccc1OCC1(N)CCCC1. The Labute approximate surface area is 114 Å². The van der Waals surface area contributed by atoms with Gasteiger partial charge in [-0.05, 0) is 32.0 Å². The molecule has 1 aromatic rings. The fourth-order valence-electron chi connectivity index (χ4n) is 2.35. The molecule has 5 nitrogen and oxygen atoms in total. The van der Waals surface area contributed by atoms with E-state index in [-0.39, 0.29) is 10.4 Å². The van der Waals surface area contributed by atoms with Crippen LogP contribution in [0.5, 0.6) is 5.75 Å². The van der Waals surface area contributed by atoms with Crippen LogP contribution in [0.2, 0.25) is 0 Å². The van der Waals surface area contributed by atoms with E-state index in [1.165, 1.54) is 13.1 Å². The molecule has 3 N–H and O–H groups in total. The smallest absolute Gasteiger partial charge is 0.243 e. The maximum atomic E-state index is 11.9. The number of para-hydroxylation sites is 1. The lowest BCUT2D eigenvalue weighted by Gasteiger charge is -2.24. The predicted molar refractivity (Wildman–Crippen MR) is 73.6 cm³/mol. The molecule has 0 atom stereocenters. The molecule has 1 fully saturated rings. The average Bonchev–Trinajstić information content (AvgIpc) is 2.84. The van der Waals surface area contributed by atoms with E-state index in [2.05, 4.69) is 4.72 Å². The number of hydrogen-bond acceptors (Lipinski definition) is 4. The third kappa shape index (κ3) is 3.26. The highest BCUT2D eigenvalue weighted by molar-refractivity contribution is 7.89. The topological polar surface area (TPSA) is 81.4 Å². The first kappa shape index (κ1) is 14.3. The van der Waals surface area contributed by atoms with Gasteiger partial charge in [-0.3, -0.25) is 0 Å². The van der Waals surface area contributed by atoms with Gasteiger partial charge in [-0.25, -0.2) is 13.1 Å². The molecule has 0 heterocycles. The molecule has 0 bridgehead atoms. The molecule has 6 heteroatoms. The lowest BCUT2D eigenvalue weighted by molar-refractivity contribution is 0.216. The first-order valence-electron chi connectivity index (χ1n) is 6.41. The maximum Gasteiger partial charge on any atom is 0.243 e. The average molecular weight is 284 g/mol. The van der Waals surface area contributed by atoms with Crippen LogP contribution < -0.4 is 15.2 Å². The van der Waals surface area contributed by atoms with Gasteiger partial charge in [-0.2, -0.15) is 0 Å². The Morgan fingerprint density at radius 2 is 1.95 bits per heavy atom. The summed E-state index contributed by atoms with van der Waals surface area (Å²) in [6.45, 7) is 0.350. The van der Waals surface area contributed by atoms with Crippen molar-refractivity contribution in [3.63, 3.8) is 0 Å². The highest BCUT2D eigenvalue weighted by Crippen LogP contribution is 2.29. The fraction of sp³-hybridized carbons (Fsp3) is 0.538. The molecular formula is C13H20N2O3S. The standard InChI is InChI=1S/C13H20N2O3S/c1-15-19(16,17)12-7-3-2-6-11(12)18-10-13(14)8-4-5-9-13/h2-3,6-7,15H,4-5,8-10,14H2,1H3. The van der Waals surface area contributed by atoms with E-state index in [9.17, 15) is 8.42 Å². The van der Waals surface area contributed by atoms with Gasteiger partial charge in [-0.15, -0.1) is 0 Å². The van der Waals surface area contributed by atoms with Crippen molar-refractivity contribution in [2.45, 2.75) is 36.1 Å². The Hall–Kier alpha value is -1.11. The number of benzene rings is 1. The first-order valence-corrected chi connectivity index (χ1v) is 7.89. The summed E-state index contributed by atoms with van der Waals surface area (Å²) in [6.07, 6.45) is 4.06. The molecule has 0 aliphatic heterocycles. The molecule has 1 aliphatic rings. The van der Waals surface area contributed by atoms with Crippen LogP contribution >= 0.6 is 0 Å². The molecule has 0 unspecified atom stereocenters. The van der Waals surface area contributed by atoms with Crippen LogP contribution in [0.15, 0.2) is 29.2 Å². The van der Waals surface area contributed by atoms with Crippen LogP contribution in [0, 0.1) is 0 Å². The first-order chi connectivity index (χ1) is 8.97. The molecule has 0 amide bonds. The Balaban J connectivity index is 2.17. The van der Waals surface area contributed by atoms with Crippen molar-refractivity contribution in [3.05, 3.63) is 24.3 Å². The van der Waals surface area contributed by atoms with Crippen molar-refractivity contribution in [1.82, 2.24) is 4.72 Å². The number of rotatable bonds is 5. The minimum atomic E-state index is -3.51. The van der Waals surface area contributed by atoms with Crippen LogP contribution in [0.4, 0.5) is 0 Å². The predicted octanol–water partition coefficient (Wildman–Crippen LogP) is 1.24. The van der Waals surface area contributed by atoms with E-state index in [0.29, 0.717) is 12.4 Å². The highest BCUT2D eigenvalue weighted by atomic mass is 32.2. The van der Waals surface area contributed by atoms with Crippen LogP contribution in [0.25, 0.3) is 0 Å². The van der Waals surface area contributed by atoms with Crippen LogP contribution in [0.1, 0.15) is 25.7 Å². The van der Waals surface area contributed by atoms with Gasteiger partial charge in [0.05, 0.1) is 5.54 Å². The minimum Gasteiger partial charge on any atom is -0.490 e. The molecule has 1 aromatic carbocycles. The second kappa shape index (κ2) is 5.48. The largest absolute Gasteiger partial charge is 0.490 e. The van der Waals surface area contributed by atoms with Gasteiger partial charge in [0.25, 0.3) is 0 Å². The molecule has 0 spiro atoms. The quantitative estimate of drug-likeness (QED) is 0.852. The lowest BCUT2D eigenvalue weighted by atomic mass is 10.0. The van der Waals surface area contributed by atoms with Crippen LogP contribution in [-0.2, 0) is 10.0 Å². The van der Waals surface area contributed by atoms with E-state index in [1.807, 2.05) is 0 Å². The van der Waals surface area contributed by atoms with E-state index in [4.69, 9.17) is 10.5 Å². The van der Waals surface area contributed by atoms with E-state index in [1.54, 1.807) is 18.2 Å². The van der Waals surface area contributed by atoms with Gasteiger partial charge in [-0.1, -0.05) is 25.0 Å². The van der Waals surface area contributed by atoms with Gasteiger partial charge in [0.1, 0.15) is 17.3 Å². The Morgan fingerprint density at radius 3 is 2.58 bits per heavy atom. The molecule has 1 saturated carbocycles. The van der Waals surface area contributed by atoms with Crippen molar-refractivity contribution in [2.24, 2.45) is 5.73 Å². The van der Waals surface area contributed by atoms with Gasteiger partial charge >= 0.3 is 0 Å². The number of nitrogens with two attached hydrogens (primary N) is 1. The summed E-state index contributed by atoms with van der Waals surface area (Å²) in [5.74, 6) is 0.355. The summed E-state index contributed by atoms with van der Waals surface area (Å²) >= 11 is 0. The Bertz CT molecular complexity index is 537. The normalized spacial score (nSPS) is 18.4. The van der Waals surface area contributed by atoms with E-state index >= 15 is 0 Å². The molecule has 0 radical (unpaired) electrons. The Morgan fingerprint density at radius 1 is 1.32 bits per heavy atom. The zero-order valence-electron chi connectivity index (χ0n) is 11.1. The minimum absolute atomic E-state index is 0.152. The third-order valence-corrected chi connectivity index (χ3v) is 4.98. The summed E-state index contributed by atoms with van der Waals surface area (Å²) in [5, 5.41) is 0. The molecule has 0 aromatic heterocycles. The Kier molecular flexibility index (Phi) is 4.13. The molecule has 0 saturated heterocycles. The second-order valence-corrected chi connectivity index (χ2v) is 6.87. The van der Waals surface area contributed by atoms with E-state index in [0.717, 1.165) is 25.7 Å². The van der Waals surface area contributed by atoms with Gasteiger partial charge in [0.2, 0.25) is 10.0 Å². The number of sulfonamides is 1. The molecule has 19 heavy (non-hydrogen) atoms. The van der Waals surface area contributed by atoms with Crippen molar-refractivity contribution < 1.29 is 13.2 Å². The zero-order chi connectivity index (χ0) is 13.9. The fourth-order valence-corrected chi connectivity index (χ4v) is 3.22. The zero-order valence-corrected chi connectivity index (χ0v) is 11.9. The van der Waals surface area contributed by atoms with Gasteiger partial charge < -0.3 is 10.5 Å². The number of ether oxygens (including phenoxy) is 1. The summed E-state index contributed by atoms with van der Waals surface area (Å²) < 4.78 is 31.7. The number of hydrogen-bond donors (Lipinski definition) is 2. The molecule has 1 aliphatic carbocycles. The summed E-state index contributed by atoms with van der Waals surface area (Å²) in [5.41, 5.74) is 5.89. The lowest BCUT2D eigenvalue weighted by Crippen LogP contribution is -2.42. The third-order valence-electron chi connectivity index (χ3n) is 3.52. The maximum absolute atomic E-state index is 11.9. The van der Waals surface area contributed by atoms with E-state index < -0.39 is 10.0 Å². The highest BCUT2D eigenvalue weighted by Gasteiger charge is 2.30. The summed E-state index contributed by atoms with van der Waals surface area (Å²) in [4.78, 5) is 0.152. The van der Waals surface area contributed by atoms with Crippen molar-refractivity contribution in [1.29, 1.82) is 0 Å².